The molecule has 3 rings (SSSR count). The number of fused-ring (bicyclic) bond motifs is 2. The van der Waals surface area contributed by atoms with Gasteiger partial charge in [-0.2, -0.15) is 0 Å². The normalized spacial score (nSPS) is 30.5. The average molecular weight is 288 g/mol. The van der Waals surface area contributed by atoms with E-state index in [0.29, 0.717) is 5.56 Å². The number of hydrogen-bond acceptors (Lipinski definition) is 2. The molecular formula is C17H24N2O2. The van der Waals surface area contributed by atoms with Crippen LogP contribution in [0.2, 0.25) is 0 Å². The topological polar surface area (TPSA) is 42.3 Å². The molecule has 114 valence electrons. The zero-order valence-electron chi connectivity index (χ0n) is 13.3. The molecule has 1 saturated heterocycles. The fourth-order valence-electron chi connectivity index (χ4n) is 4.61. The molecule has 1 amide bonds. The van der Waals surface area contributed by atoms with Gasteiger partial charge < -0.3 is 9.47 Å². The highest BCUT2D eigenvalue weighted by Crippen LogP contribution is 2.52. The molecule has 2 bridgehead atoms. The molecule has 1 aromatic heterocycles. The van der Waals surface area contributed by atoms with E-state index in [9.17, 15) is 9.59 Å². The Morgan fingerprint density at radius 2 is 2.00 bits per heavy atom. The van der Waals surface area contributed by atoms with Crippen LogP contribution >= 0.6 is 0 Å². The summed E-state index contributed by atoms with van der Waals surface area (Å²) in [6, 6.07) is 3.69. The Bertz CT molecular complexity index is 646. The first-order valence-electron chi connectivity index (χ1n) is 7.67. The number of carbonyl (C=O) groups is 1. The van der Waals surface area contributed by atoms with Crippen molar-refractivity contribution < 1.29 is 4.79 Å². The molecule has 2 heterocycles. The van der Waals surface area contributed by atoms with Gasteiger partial charge in [0.05, 0.1) is 0 Å². The van der Waals surface area contributed by atoms with Crippen LogP contribution in [0.4, 0.5) is 0 Å². The van der Waals surface area contributed by atoms with Gasteiger partial charge in [-0.3, -0.25) is 9.59 Å². The van der Waals surface area contributed by atoms with E-state index in [2.05, 4.69) is 20.8 Å². The van der Waals surface area contributed by atoms with Crippen LogP contribution in [0.1, 0.15) is 50.4 Å². The third-order valence-electron chi connectivity index (χ3n) is 5.03. The van der Waals surface area contributed by atoms with E-state index in [1.165, 1.54) is 4.57 Å². The van der Waals surface area contributed by atoms with Crippen molar-refractivity contribution in [1.82, 2.24) is 9.47 Å². The van der Waals surface area contributed by atoms with Gasteiger partial charge in [0.1, 0.15) is 5.56 Å². The number of likely N-dealkylation sites (tertiary alicyclic amines) is 1. The molecule has 1 aliphatic carbocycles. The molecule has 21 heavy (non-hydrogen) atoms. The van der Waals surface area contributed by atoms with E-state index >= 15 is 0 Å². The molecule has 1 saturated carbocycles. The number of carbonyl (C=O) groups excluding carboxylic acids is 1. The Labute approximate surface area is 125 Å². The van der Waals surface area contributed by atoms with Crippen LogP contribution in [0.3, 0.4) is 0 Å². The van der Waals surface area contributed by atoms with Crippen molar-refractivity contribution in [2.24, 2.45) is 17.9 Å². The lowest BCUT2D eigenvalue weighted by Crippen LogP contribution is -2.40. The van der Waals surface area contributed by atoms with E-state index in [1.807, 2.05) is 4.90 Å². The van der Waals surface area contributed by atoms with Gasteiger partial charge in [0, 0.05) is 25.8 Å². The maximum Gasteiger partial charge on any atom is 0.263 e. The summed E-state index contributed by atoms with van der Waals surface area (Å²) in [7, 11) is 1.69. The maximum absolute atomic E-state index is 12.8. The van der Waals surface area contributed by atoms with E-state index in [4.69, 9.17) is 0 Å². The minimum absolute atomic E-state index is 0.0948. The first kappa shape index (κ1) is 14.4. The number of amides is 1. The molecule has 1 aromatic rings. The Kier molecular flexibility index (Phi) is 3.05. The Balaban J connectivity index is 1.94. The first-order valence-corrected chi connectivity index (χ1v) is 7.67. The van der Waals surface area contributed by atoms with Crippen molar-refractivity contribution in [3.8, 4) is 0 Å². The van der Waals surface area contributed by atoms with E-state index in [1.54, 1.807) is 25.4 Å². The van der Waals surface area contributed by atoms with Gasteiger partial charge in [-0.1, -0.05) is 20.8 Å². The zero-order valence-corrected chi connectivity index (χ0v) is 13.3. The number of rotatable bonds is 1. The Morgan fingerprint density at radius 3 is 2.71 bits per heavy atom. The largest absolute Gasteiger partial charge is 0.335 e. The lowest BCUT2D eigenvalue weighted by Gasteiger charge is -2.39. The molecule has 0 N–H and O–H groups in total. The predicted molar refractivity (Wildman–Crippen MR) is 82.2 cm³/mol. The number of hydrogen-bond donors (Lipinski definition) is 0. The zero-order chi connectivity index (χ0) is 15.4. The average Bonchev–Trinajstić information content (AvgIpc) is 2.61. The quantitative estimate of drug-likeness (QED) is 0.796. The van der Waals surface area contributed by atoms with E-state index in [-0.39, 0.29) is 28.3 Å². The van der Waals surface area contributed by atoms with Gasteiger partial charge in [0.2, 0.25) is 0 Å². The SMILES string of the molecule is Cn1cccc(C(=O)N2CC3(C)CC2CC(C)(C)C3)c1=O. The third-order valence-corrected chi connectivity index (χ3v) is 5.03. The monoisotopic (exact) mass is 288 g/mol. The molecular weight excluding hydrogens is 264 g/mol. The van der Waals surface area contributed by atoms with Gasteiger partial charge in [-0.15, -0.1) is 0 Å². The van der Waals surface area contributed by atoms with Crippen LogP contribution in [-0.4, -0.2) is 28.0 Å². The Hall–Kier alpha value is -1.58. The van der Waals surface area contributed by atoms with Crippen molar-refractivity contribution in [3.05, 3.63) is 34.2 Å². The Morgan fingerprint density at radius 1 is 1.29 bits per heavy atom. The third kappa shape index (κ3) is 2.41. The summed E-state index contributed by atoms with van der Waals surface area (Å²) >= 11 is 0. The fraction of sp³-hybridized carbons (Fsp3) is 0.647. The second-order valence-corrected chi connectivity index (χ2v) is 7.98. The van der Waals surface area contributed by atoms with Gasteiger partial charge in [-0.25, -0.2) is 0 Å². The van der Waals surface area contributed by atoms with Crippen molar-refractivity contribution in [3.63, 3.8) is 0 Å². The first-order chi connectivity index (χ1) is 9.71. The predicted octanol–water partition coefficient (Wildman–Crippen LogP) is 2.43. The van der Waals surface area contributed by atoms with Crippen LogP contribution in [0, 0.1) is 10.8 Å². The fourth-order valence-corrected chi connectivity index (χ4v) is 4.61. The second kappa shape index (κ2) is 4.46. The summed E-state index contributed by atoms with van der Waals surface area (Å²) in [4.78, 5) is 27.0. The van der Waals surface area contributed by atoms with Gasteiger partial charge in [0.15, 0.2) is 0 Å². The molecule has 0 aromatic carbocycles. The van der Waals surface area contributed by atoms with Crippen LogP contribution in [0.5, 0.6) is 0 Å². The summed E-state index contributed by atoms with van der Waals surface area (Å²) in [6.45, 7) is 7.62. The number of aryl methyl sites for hydroxylation is 1. The summed E-state index contributed by atoms with van der Waals surface area (Å²) in [5.74, 6) is -0.0948. The van der Waals surface area contributed by atoms with Crippen molar-refractivity contribution in [1.29, 1.82) is 0 Å². The van der Waals surface area contributed by atoms with Gasteiger partial charge >= 0.3 is 0 Å². The summed E-state index contributed by atoms with van der Waals surface area (Å²) in [5.41, 5.74) is 0.568. The smallest absolute Gasteiger partial charge is 0.263 e. The van der Waals surface area contributed by atoms with Crippen LogP contribution in [-0.2, 0) is 7.05 Å². The minimum Gasteiger partial charge on any atom is -0.335 e. The second-order valence-electron chi connectivity index (χ2n) is 7.98. The molecule has 2 unspecified atom stereocenters. The van der Waals surface area contributed by atoms with E-state index < -0.39 is 0 Å². The van der Waals surface area contributed by atoms with Crippen LogP contribution in [0.25, 0.3) is 0 Å². The van der Waals surface area contributed by atoms with Crippen molar-refractivity contribution in [2.75, 3.05) is 6.54 Å². The lowest BCUT2D eigenvalue weighted by molar-refractivity contribution is 0.0706. The van der Waals surface area contributed by atoms with Crippen LogP contribution in [0.15, 0.2) is 23.1 Å². The molecule has 4 nitrogen and oxygen atoms in total. The van der Waals surface area contributed by atoms with Gasteiger partial charge in [-0.05, 0) is 42.2 Å². The minimum atomic E-state index is -0.201. The molecule has 2 aliphatic rings. The maximum atomic E-state index is 12.8. The highest BCUT2D eigenvalue weighted by molar-refractivity contribution is 5.94. The summed E-state index contributed by atoms with van der Waals surface area (Å²) in [5, 5.41) is 0. The summed E-state index contributed by atoms with van der Waals surface area (Å²) in [6.07, 6.45) is 4.93. The van der Waals surface area contributed by atoms with Gasteiger partial charge in [0.25, 0.3) is 11.5 Å². The number of pyridine rings is 1. The number of aromatic nitrogens is 1. The number of nitrogens with zero attached hydrogens (tertiary/aromatic N) is 2. The standard InChI is InChI=1S/C17H24N2O2/c1-16(2)8-12-9-17(3,10-16)11-19(12)15(21)13-6-5-7-18(4)14(13)20/h5-7,12H,8-11H2,1-4H3. The van der Waals surface area contributed by atoms with Crippen LogP contribution < -0.4 is 5.56 Å². The van der Waals surface area contributed by atoms with Crippen molar-refractivity contribution in [2.45, 2.75) is 46.1 Å². The molecule has 2 atom stereocenters. The molecule has 2 fully saturated rings. The molecule has 1 aliphatic heterocycles. The molecule has 0 radical (unpaired) electrons. The van der Waals surface area contributed by atoms with E-state index in [0.717, 1.165) is 25.8 Å². The summed E-state index contributed by atoms with van der Waals surface area (Å²) < 4.78 is 1.47. The van der Waals surface area contributed by atoms with Crippen molar-refractivity contribution >= 4 is 5.91 Å². The highest BCUT2D eigenvalue weighted by atomic mass is 16.2. The molecule has 0 spiro atoms. The molecule has 4 heteroatoms. The highest BCUT2D eigenvalue weighted by Gasteiger charge is 2.51. The lowest BCUT2D eigenvalue weighted by atomic mass is 9.65.